The first-order chi connectivity index (χ1) is 9.45. The van der Waals surface area contributed by atoms with Crippen LogP contribution in [0.1, 0.15) is 24.8 Å². The van der Waals surface area contributed by atoms with Crippen molar-refractivity contribution in [2.75, 3.05) is 18.4 Å². The number of anilines is 1. The molecule has 0 bridgehead atoms. The summed E-state index contributed by atoms with van der Waals surface area (Å²) in [5.41, 5.74) is 0.126. The summed E-state index contributed by atoms with van der Waals surface area (Å²) in [4.78, 5) is 2.47. The smallest absolute Gasteiger partial charge is 0.380 e. The van der Waals surface area contributed by atoms with Gasteiger partial charge in [-0.2, -0.15) is 13.2 Å². The van der Waals surface area contributed by atoms with Crippen molar-refractivity contribution in [2.24, 2.45) is 0 Å². The quantitative estimate of drug-likeness (QED) is 0.864. The van der Waals surface area contributed by atoms with E-state index >= 15 is 0 Å². The molecule has 2 atom stereocenters. The molecule has 2 nitrogen and oxygen atoms in total. The van der Waals surface area contributed by atoms with Crippen LogP contribution in [0.2, 0.25) is 0 Å². The third-order valence-corrected chi connectivity index (χ3v) is 4.90. The van der Waals surface area contributed by atoms with Crippen LogP contribution in [0.25, 0.3) is 0 Å². The molecule has 6 heteroatoms. The van der Waals surface area contributed by atoms with Gasteiger partial charge in [-0.1, -0.05) is 0 Å². The zero-order valence-corrected chi connectivity index (χ0v) is 12.5. The van der Waals surface area contributed by atoms with Gasteiger partial charge in [-0.05, 0) is 59.9 Å². The number of rotatable bonds is 2. The Morgan fingerprint density at radius 3 is 2.70 bits per heavy atom. The van der Waals surface area contributed by atoms with Gasteiger partial charge in [0.05, 0.1) is 5.56 Å². The summed E-state index contributed by atoms with van der Waals surface area (Å²) in [6.45, 7) is 2.23. The summed E-state index contributed by atoms with van der Waals surface area (Å²) >= 11 is 3.24. The molecule has 110 valence electrons. The van der Waals surface area contributed by atoms with Crippen LogP contribution in [0.5, 0.6) is 0 Å². The van der Waals surface area contributed by atoms with E-state index in [1.807, 2.05) is 0 Å². The highest BCUT2D eigenvalue weighted by Crippen LogP contribution is 2.36. The number of nitrogens with zero attached hydrogens (tertiary/aromatic N) is 1. The van der Waals surface area contributed by atoms with Crippen LogP contribution in [-0.4, -0.2) is 30.1 Å². The van der Waals surface area contributed by atoms with E-state index in [2.05, 4.69) is 26.1 Å². The van der Waals surface area contributed by atoms with Crippen LogP contribution in [0.15, 0.2) is 22.7 Å². The molecular formula is C14H16BrF3N2. The van der Waals surface area contributed by atoms with Gasteiger partial charge in [0.25, 0.3) is 0 Å². The van der Waals surface area contributed by atoms with E-state index in [9.17, 15) is 13.2 Å². The van der Waals surface area contributed by atoms with Crippen molar-refractivity contribution < 1.29 is 13.2 Å². The highest BCUT2D eigenvalue weighted by atomic mass is 79.9. The SMILES string of the molecule is FC(F)(F)c1ccc(NC2CCN3CCCC23)c(Br)c1. The van der Waals surface area contributed by atoms with E-state index in [4.69, 9.17) is 0 Å². The first-order valence-electron chi connectivity index (χ1n) is 6.82. The molecular weight excluding hydrogens is 333 g/mol. The molecule has 0 spiro atoms. The number of alkyl halides is 3. The zero-order valence-electron chi connectivity index (χ0n) is 10.9. The minimum absolute atomic E-state index is 0.338. The molecule has 2 saturated heterocycles. The molecule has 0 saturated carbocycles. The third-order valence-electron chi connectivity index (χ3n) is 4.24. The van der Waals surface area contributed by atoms with Crippen LogP contribution < -0.4 is 5.32 Å². The fourth-order valence-electron chi connectivity index (χ4n) is 3.26. The molecule has 1 aromatic rings. The minimum atomic E-state index is -4.29. The van der Waals surface area contributed by atoms with Gasteiger partial charge < -0.3 is 5.32 Å². The molecule has 0 amide bonds. The Morgan fingerprint density at radius 1 is 1.20 bits per heavy atom. The predicted molar refractivity (Wildman–Crippen MR) is 75.8 cm³/mol. The molecule has 3 rings (SSSR count). The van der Waals surface area contributed by atoms with Crippen LogP contribution in [0.4, 0.5) is 18.9 Å². The van der Waals surface area contributed by atoms with Crippen LogP contribution >= 0.6 is 15.9 Å². The summed E-state index contributed by atoms with van der Waals surface area (Å²) < 4.78 is 38.4. The summed E-state index contributed by atoms with van der Waals surface area (Å²) in [6, 6.07) is 4.66. The maximum absolute atomic E-state index is 12.6. The van der Waals surface area contributed by atoms with Gasteiger partial charge in [0.15, 0.2) is 0 Å². The number of halogens is 4. The number of benzene rings is 1. The van der Waals surface area contributed by atoms with E-state index in [-0.39, 0.29) is 0 Å². The van der Waals surface area contributed by atoms with Crippen LogP contribution in [0, 0.1) is 0 Å². The van der Waals surface area contributed by atoms with E-state index in [1.54, 1.807) is 0 Å². The van der Waals surface area contributed by atoms with Gasteiger partial charge in [-0.25, -0.2) is 0 Å². The van der Waals surface area contributed by atoms with Gasteiger partial charge in [0, 0.05) is 28.8 Å². The van der Waals surface area contributed by atoms with Crippen molar-refractivity contribution >= 4 is 21.6 Å². The first kappa shape index (κ1) is 14.2. The molecule has 1 aromatic carbocycles. The van der Waals surface area contributed by atoms with Crippen molar-refractivity contribution in [3.63, 3.8) is 0 Å². The normalized spacial score (nSPS) is 26.8. The minimum Gasteiger partial charge on any atom is -0.380 e. The molecule has 2 fully saturated rings. The van der Waals surface area contributed by atoms with Gasteiger partial charge in [-0.15, -0.1) is 0 Å². The Bertz CT molecular complexity index is 504. The van der Waals surface area contributed by atoms with Gasteiger partial charge in [0.2, 0.25) is 0 Å². The maximum Gasteiger partial charge on any atom is 0.416 e. The molecule has 0 radical (unpaired) electrons. The molecule has 0 aliphatic carbocycles. The Kier molecular flexibility index (Phi) is 3.71. The Balaban J connectivity index is 1.75. The average Bonchev–Trinajstić information content (AvgIpc) is 2.95. The van der Waals surface area contributed by atoms with Crippen molar-refractivity contribution in [3.8, 4) is 0 Å². The Hall–Kier alpha value is -0.750. The fraction of sp³-hybridized carbons (Fsp3) is 0.571. The van der Waals surface area contributed by atoms with E-state index in [0.717, 1.165) is 37.3 Å². The predicted octanol–water partition coefficient (Wildman–Crippen LogP) is 4.12. The molecule has 2 heterocycles. The molecule has 2 unspecified atom stereocenters. The van der Waals surface area contributed by atoms with E-state index in [1.165, 1.54) is 18.9 Å². The molecule has 2 aliphatic rings. The molecule has 1 N–H and O–H groups in total. The summed E-state index contributed by atoms with van der Waals surface area (Å²) in [5.74, 6) is 0. The maximum atomic E-state index is 12.6. The Labute approximate surface area is 124 Å². The summed E-state index contributed by atoms with van der Waals surface area (Å²) in [6.07, 6.45) is -0.845. The monoisotopic (exact) mass is 348 g/mol. The molecule has 2 aliphatic heterocycles. The van der Waals surface area contributed by atoms with Gasteiger partial charge >= 0.3 is 6.18 Å². The summed E-state index contributed by atoms with van der Waals surface area (Å²) in [7, 11) is 0. The highest BCUT2D eigenvalue weighted by Gasteiger charge is 2.37. The Morgan fingerprint density at radius 2 is 2.00 bits per heavy atom. The highest BCUT2D eigenvalue weighted by molar-refractivity contribution is 9.10. The van der Waals surface area contributed by atoms with Crippen molar-refractivity contribution in [2.45, 2.75) is 37.5 Å². The van der Waals surface area contributed by atoms with E-state index in [0.29, 0.717) is 16.6 Å². The van der Waals surface area contributed by atoms with E-state index < -0.39 is 11.7 Å². The second-order valence-corrected chi connectivity index (χ2v) is 6.33. The standard InChI is InChI=1S/C14H16BrF3N2/c15-10-8-9(14(16,17)18)3-4-11(10)19-12-5-7-20-6-1-2-13(12)20/h3-4,8,12-13,19H,1-2,5-7H2. The summed E-state index contributed by atoms with van der Waals surface area (Å²) in [5, 5.41) is 3.40. The molecule has 20 heavy (non-hydrogen) atoms. The number of hydrogen-bond acceptors (Lipinski definition) is 2. The number of fused-ring (bicyclic) bond motifs is 1. The topological polar surface area (TPSA) is 15.3 Å². The lowest BCUT2D eigenvalue weighted by Crippen LogP contribution is -2.33. The number of hydrogen-bond donors (Lipinski definition) is 1. The molecule has 0 aromatic heterocycles. The van der Waals surface area contributed by atoms with Crippen molar-refractivity contribution in [3.05, 3.63) is 28.2 Å². The third kappa shape index (κ3) is 2.68. The lowest BCUT2D eigenvalue weighted by Gasteiger charge is -2.23. The van der Waals surface area contributed by atoms with Crippen LogP contribution in [-0.2, 0) is 6.18 Å². The number of nitrogens with one attached hydrogen (secondary N) is 1. The van der Waals surface area contributed by atoms with Crippen molar-refractivity contribution in [1.29, 1.82) is 0 Å². The zero-order chi connectivity index (χ0) is 14.3. The van der Waals surface area contributed by atoms with Gasteiger partial charge in [-0.3, -0.25) is 4.90 Å². The average molecular weight is 349 g/mol. The second kappa shape index (κ2) is 5.22. The fourth-order valence-corrected chi connectivity index (χ4v) is 3.75. The largest absolute Gasteiger partial charge is 0.416 e. The lowest BCUT2D eigenvalue weighted by atomic mass is 10.1. The van der Waals surface area contributed by atoms with Gasteiger partial charge in [0.1, 0.15) is 0 Å². The van der Waals surface area contributed by atoms with Crippen LogP contribution in [0.3, 0.4) is 0 Å². The lowest BCUT2D eigenvalue weighted by molar-refractivity contribution is -0.137. The second-order valence-electron chi connectivity index (χ2n) is 5.48. The van der Waals surface area contributed by atoms with Crippen molar-refractivity contribution in [1.82, 2.24) is 4.90 Å². The first-order valence-corrected chi connectivity index (χ1v) is 7.62.